The van der Waals surface area contributed by atoms with Crippen LogP contribution in [0.3, 0.4) is 0 Å². The van der Waals surface area contributed by atoms with Crippen LogP contribution in [-0.2, 0) is 4.79 Å². The second-order valence-electron chi connectivity index (χ2n) is 3.45. The molecule has 2 N–H and O–H groups in total. The van der Waals surface area contributed by atoms with Gasteiger partial charge in [0.1, 0.15) is 6.61 Å². The molecule has 4 heteroatoms. The first-order valence-corrected chi connectivity index (χ1v) is 5.98. The number of hydrogen-bond donors (Lipinski definition) is 2. The number of carbonyl (C=O) groups is 1. The fourth-order valence-electron chi connectivity index (χ4n) is 1.76. The molecule has 1 rings (SSSR count). The van der Waals surface area contributed by atoms with Crippen molar-refractivity contribution in [3.63, 3.8) is 0 Å². The van der Waals surface area contributed by atoms with Crippen LogP contribution in [-0.4, -0.2) is 35.2 Å². The van der Waals surface area contributed by atoms with Gasteiger partial charge in [-0.25, -0.2) is 0 Å². The SMILES string of the molecule is CSC1CCCC(NC(=O)CO)C1. The Bertz CT molecular complexity index is 175. The summed E-state index contributed by atoms with van der Waals surface area (Å²) in [6.07, 6.45) is 6.66. The molecule has 0 spiro atoms. The molecule has 0 heterocycles. The molecule has 0 aliphatic heterocycles. The van der Waals surface area contributed by atoms with Gasteiger partial charge >= 0.3 is 0 Å². The molecule has 1 saturated carbocycles. The zero-order valence-electron chi connectivity index (χ0n) is 7.95. The molecule has 0 aromatic rings. The van der Waals surface area contributed by atoms with Crippen LogP contribution >= 0.6 is 11.8 Å². The number of nitrogens with one attached hydrogen (secondary N) is 1. The van der Waals surface area contributed by atoms with Gasteiger partial charge in [-0.2, -0.15) is 11.8 Å². The molecule has 13 heavy (non-hydrogen) atoms. The van der Waals surface area contributed by atoms with E-state index in [2.05, 4.69) is 11.6 Å². The van der Waals surface area contributed by atoms with Gasteiger partial charge in [-0.15, -0.1) is 0 Å². The Balaban J connectivity index is 2.29. The van der Waals surface area contributed by atoms with Crippen LogP contribution in [0, 0.1) is 0 Å². The van der Waals surface area contributed by atoms with Crippen LogP contribution < -0.4 is 5.32 Å². The predicted molar refractivity (Wildman–Crippen MR) is 54.8 cm³/mol. The van der Waals surface area contributed by atoms with Crippen LogP contribution in [0.1, 0.15) is 25.7 Å². The van der Waals surface area contributed by atoms with E-state index < -0.39 is 0 Å². The fraction of sp³-hybridized carbons (Fsp3) is 0.889. The summed E-state index contributed by atoms with van der Waals surface area (Å²) in [4.78, 5) is 10.9. The van der Waals surface area contributed by atoms with Crippen LogP contribution in [0.4, 0.5) is 0 Å². The lowest BCUT2D eigenvalue weighted by atomic mass is 9.95. The lowest BCUT2D eigenvalue weighted by Crippen LogP contribution is -2.40. The standard InChI is InChI=1S/C9H17NO2S/c1-13-8-4-2-3-7(5-8)10-9(12)6-11/h7-8,11H,2-6H2,1H3,(H,10,12). The van der Waals surface area contributed by atoms with Crippen LogP contribution in [0.5, 0.6) is 0 Å². The molecular weight excluding hydrogens is 186 g/mol. The van der Waals surface area contributed by atoms with Crippen molar-refractivity contribution in [2.75, 3.05) is 12.9 Å². The zero-order chi connectivity index (χ0) is 9.68. The fourth-order valence-corrected chi connectivity index (χ4v) is 2.59. The number of aliphatic hydroxyl groups is 1. The Morgan fingerprint density at radius 1 is 1.62 bits per heavy atom. The Kier molecular flexibility index (Phi) is 4.59. The summed E-state index contributed by atoms with van der Waals surface area (Å²) in [6, 6.07) is 0.283. The molecule has 1 aliphatic carbocycles. The zero-order valence-corrected chi connectivity index (χ0v) is 8.77. The highest BCUT2D eigenvalue weighted by molar-refractivity contribution is 7.99. The molecule has 2 unspecified atom stereocenters. The summed E-state index contributed by atoms with van der Waals surface area (Å²) in [6.45, 7) is -0.388. The maximum atomic E-state index is 10.9. The van der Waals surface area contributed by atoms with E-state index in [1.807, 2.05) is 11.8 Å². The lowest BCUT2D eigenvalue weighted by molar-refractivity contribution is -0.124. The molecular formula is C9H17NO2S. The molecule has 0 radical (unpaired) electrons. The number of amides is 1. The van der Waals surface area contributed by atoms with Gasteiger partial charge in [0.25, 0.3) is 0 Å². The molecule has 1 aliphatic rings. The molecule has 1 amide bonds. The van der Waals surface area contributed by atoms with E-state index in [0.717, 1.165) is 12.8 Å². The largest absolute Gasteiger partial charge is 0.387 e. The third-order valence-electron chi connectivity index (χ3n) is 2.47. The summed E-state index contributed by atoms with van der Waals surface area (Å²) < 4.78 is 0. The predicted octanol–water partition coefficient (Wildman–Crippen LogP) is 0.769. The molecule has 0 aromatic heterocycles. The van der Waals surface area contributed by atoms with E-state index in [9.17, 15) is 4.79 Å². The van der Waals surface area contributed by atoms with E-state index in [1.165, 1.54) is 12.8 Å². The summed E-state index contributed by atoms with van der Waals surface area (Å²) in [5.74, 6) is -0.244. The van der Waals surface area contributed by atoms with Crippen molar-refractivity contribution >= 4 is 17.7 Å². The van der Waals surface area contributed by atoms with Crippen LogP contribution in [0.25, 0.3) is 0 Å². The second kappa shape index (κ2) is 5.50. The summed E-state index contributed by atoms with van der Waals surface area (Å²) in [5, 5.41) is 12.1. The Hall–Kier alpha value is -0.220. The number of thioether (sulfide) groups is 1. The van der Waals surface area contributed by atoms with E-state index in [1.54, 1.807) is 0 Å². The third-order valence-corrected chi connectivity index (χ3v) is 3.56. The quantitative estimate of drug-likeness (QED) is 0.712. The molecule has 3 nitrogen and oxygen atoms in total. The van der Waals surface area contributed by atoms with Crippen molar-refractivity contribution in [1.29, 1.82) is 0 Å². The Labute approximate surface area is 83.3 Å². The lowest BCUT2D eigenvalue weighted by Gasteiger charge is -2.28. The van der Waals surface area contributed by atoms with Gasteiger partial charge in [-0.3, -0.25) is 4.79 Å². The van der Waals surface area contributed by atoms with Gasteiger partial charge in [0.2, 0.25) is 5.91 Å². The average molecular weight is 203 g/mol. The highest BCUT2D eigenvalue weighted by Gasteiger charge is 2.21. The topological polar surface area (TPSA) is 49.3 Å². The summed E-state index contributed by atoms with van der Waals surface area (Å²) in [5.41, 5.74) is 0. The van der Waals surface area contributed by atoms with Crippen molar-refractivity contribution in [2.45, 2.75) is 37.0 Å². The van der Waals surface area contributed by atoms with Crippen molar-refractivity contribution in [1.82, 2.24) is 5.32 Å². The molecule has 76 valence electrons. The maximum Gasteiger partial charge on any atom is 0.245 e. The molecule has 0 bridgehead atoms. The van der Waals surface area contributed by atoms with Gasteiger partial charge in [0.15, 0.2) is 0 Å². The molecule has 1 fully saturated rings. The maximum absolute atomic E-state index is 10.9. The summed E-state index contributed by atoms with van der Waals surface area (Å²) >= 11 is 1.87. The first kappa shape index (κ1) is 10.9. The van der Waals surface area contributed by atoms with Crippen LogP contribution in [0.15, 0.2) is 0 Å². The Morgan fingerprint density at radius 3 is 3.00 bits per heavy atom. The van der Waals surface area contributed by atoms with Gasteiger partial charge in [0, 0.05) is 11.3 Å². The third kappa shape index (κ3) is 3.56. The minimum atomic E-state index is -0.388. The van der Waals surface area contributed by atoms with Crippen molar-refractivity contribution in [3.05, 3.63) is 0 Å². The second-order valence-corrected chi connectivity index (χ2v) is 4.58. The minimum absolute atomic E-state index is 0.244. The van der Waals surface area contributed by atoms with E-state index in [0.29, 0.717) is 5.25 Å². The van der Waals surface area contributed by atoms with Crippen LogP contribution in [0.2, 0.25) is 0 Å². The van der Waals surface area contributed by atoms with Crippen molar-refractivity contribution in [3.8, 4) is 0 Å². The molecule has 0 aromatic carbocycles. The first-order chi connectivity index (χ1) is 6.26. The normalized spacial score (nSPS) is 28.5. The number of hydrogen-bond acceptors (Lipinski definition) is 3. The van der Waals surface area contributed by atoms with E-state index in [4.69, 9.17) is 5.11 Å². The van der Waals surface area contributed by atoms with Gasteiger partial charge in [-0.1, -0.05) is 6.42 Å². The number of carbonyl (C=O) groups excluding carboxylic acids is 1. The number of rotatable bonds is 3. The van der Waals surface area contributed by atoms with E-state index >= 15 is 0 Å². The minimum Gasteiger partial charge on any atom is -0.387 e. The van der Waals surface area contributed by atoms with Crippen molar-refractivity contribution in [2.24, 2.45) is 0 Å². The number of aliphatic hydroxyl groups excluding tert-OH is 1. The average Bonchev–Trinajstić information content (AvgIpc) is 2.18. The first-order valence-electron chi connectivity index (χ1n) is 4.69. The Morgan fingerprint density at radius 2 is 2.38 bits per heavy atom. The summed E-state index contributed by atoms with van der Waals surface area (Å²) in [7, 11) is 0. The van der Waals surface area contributed by atoms with Crippen molar-refractivity contribution < 1.29 is 9.90 Å². The van der Waals surface area contributed by atoms with Gasteiger partial charge in [0.05, 0.1) is 0 Å². The van der Waals surface area contributed by atoms with Gasteiger partial charge in [-0.05, 0) is 25.5 Å². The molecule has 0 saturated heterocycles. The van der Waals surface area contributed by atoms with Gasteiger partial charge < -0.3 is 10.4 Å². The highest BCUT2D eigenvalue weighted by Crippen LogP contribution is 2.26. The monoisotopic (exact) mass is 203 g/mol. The highest BCUT2D eigenvalue weighted by atomic mass is 32.2. The smallest absolute Gasteiger partial charge is 0.245 e. The molecule has 2 atom stereocenters. The van der Waals surface area contributed by atoms with E-state index in [-0.39, 0.29) is 18.6 Å².